The molecule has 1 aromatic heterocycles. The minimum atomic E-state index is 0.0186. The van der Waals surface area contributed by atoms with Gasteiger partial charge in [0.15, 0.2) is 5.78 Å². The Balaban J connectivity index is 2.45. The molecular formula is C11H13NO2. The summed E-state index contributed by atoms with van der Waals surface area (Å²) < 4.78 is 4.79. The molecule has 0 amide bonds. The van der Waals surface area contributed by atoms with Gasteiger partial charge in [0.25, 0.3) is 0 Å². The van der Waals surface area contributed by atoms with Crippen LogP contribution in [0.4, 0.5) is 0 Å². The van der Waals surface area contributed by atoms with E-state index in [0.717, 1.165) is 17.7 Å². The molecule has 1 aliphatic rings. The summed E-state index contributed by atoms with van der Waals surface area (Å²) in [5, 5.41) is 3.87. The summed E-state index contributed by atoms with van der Waals surface area (Å²) in [6, 6.07) is 1.80. The molecule has 0 unspecified atom stereocenters. The molecule has 0 N–H and O–H groups in total. The van der Waals surface area contributed by atoms with E-state index < -0.39 is 0 Å². The largest absolute Gasteiger partial charge is 0.364 e. The lowest BCUT2D eigenvalue weighted by Gasteiger charge is -2.29. The first-order valence-corrected chi connectivity index (χ1v) is 4.75. The standard InChI is InChI=1S/C11H13NO2/c1-11(2)5-3-8(13)7-9(11)10-4-6-14-12-10/h4,6-7H,3,5H2,1-2H3. The van der Waals surface area contributed by atoms with Crippen LogP contribution in [0.15, 0.2) is 22.9 Å². The predicted octanol–water partition coefficient (Wildman–Crippen LogP) is 2.45. The number of rotatable bonds is 1. The molecule has 0 spiro atoms. The van der Waals surface area contributed by atoms with Crippen LogP contribution in [0.3, 0.4) is 0 Å². The number of ketones is 1. The first kappa shape index (κ1) is 9.19. The summed E-state index contributed by atoms with van der Waals surface area (Å²) >= 11 is 0. The van der Waals surface area contributed by atoms with Crippen molar-refractivity contribution in [2.24, 2.45) is 5.41 Å². The van der Waals surface area contributed by atoms with Gasteiger partial charge in [0, 0.05) is 12.5 Å². The summed E-state index contributed by atoms with van der Waals surface area (Å²) in [5.41, 5.74) is 1.79. The normalized spacial score (nSPS) is 20.7. The summed E-state index contributed by atoms with van der Waals surface area (Å²) in [7, 11) is 0. The molecular weight excluding hydrogens is 178 g/mol. The Hall–Kier alpha value is -1.38. The zero-order valence-corrected chi connectivity index (χ0v) is 8.41. The highest BCUT2D eigenvalue weighted by Gasteiger charge is 2.30. The number of nitrogens with zero attached hydrogens (tertiary/aromatic N) is 1. The van der Waals surface area contributed by atoms with E-state index in [-0.39, 0.29) is 11.2 Å². The monoisotopic (exact) mass is 191 g/mol. The van der Waals surface area contributed by atoms with Crippen molar-refractivity contribution < 1.29 is 9.32 Å². The van der Waals surface area contributed by atoms with Crippen molar-refractivity contribution in [3.05, 3.63) is 24.1 Å². The molecule has 0 atom stereocenters. The molecule has 0 fully saturated rings. The van der Waals surface area contributed by atoms with Crippen molar-refractivity contribution in [1.82, 2.24) is 5.16 Å². The third kappa shape index (κ3) is 1.50. The fourth-order valence-electron chi connectivity index (χ4n) is 1.77. The van der Waals surface area contributed by atoms with Crippen molar-refractivity contribution in [2.45, 2.75) is 26.7 Å². The molecule has 1 aromatic rings. The Labute approximate surface area is 82.8 Å². The molecule has 0 saturated carbocycles. The number of hydrogen-bond donors (Lipinski definition) is 0. The fraction of sp³-hybridized carbons (Fsp3) is 0.455. The summed E-state index contributed by atoms with van der Waals surface area (Å²) in [6.45, 7) is 4.25. The quantitative estimate of drug-likeness (QED) is 0.684. The average Bonchev–Trinajstić information content (AvgIpc) is 2.62. The number of aromatic nitrogens is 1. The van der Waals surface area contributed by atoms with Crippen molar-refractivity contribution in [1.29, 1.82) is 0 Å². The van der Waals surface area contributed by atoms with Gasteiger partial charge < -0.3 is 4.52 Å². The van der Waals surface area contributed by atoms with Crippen LogP contribution in [-0.4, -0.2) is 10.9 Å². The number of hydrogen-bond acceptors (Lipinski definition) is 3. The van der Waals surface area contributed by atoms with Gasteiger partial charge in [0.1, 0.15) is 12.0 Å². The van der Waals surface area contributed by atoms with E-state index in [4.69, 9.17) is 4.52 Å². The molecule has 0 aliphatic heterocycles. The lowest BCUT2D eigenvalue weighted by molar-refractivity contribution is -0.115. The summed E-state index contributed by atoms with van der Waals surface area (Å²) in [5.74, 6) is 0.183. The zero-order chi connectivity index (χ0) is 10.2. The highest BCUT2D eigenvalue weighted by molar-refractivity contribution is 5.99. The van der Waals surface area contributed by atoms with E-state index in [2.05, 4.69) is 19.0 Å². The Kier molecular flexibility index (Phi) is 2.02. The molecule has 3 heteroatoms. The van der Waals surface area contributed by atoms with Gasteiger partial charge >= 0.3 is 0 Å². The summed E-state index contributed by atoms with van der Waals surface area (Å²) in [4.78, 5) is 11.3. The van der Waals surface area contributed by atoms with E-state index in [1.165, 1.54) is 6.26 Å². The lowest BCUT2D eigenvalue weighted by atomic mass is 9.74. The van der Waals surface area contributed by atoms with Gasteiger partial charge in [-0.1, -0.05) is 19.0 Å². The topological polar surface area (TPSA) is 43.1 Å². The van der Waals surface area contributed by atoms with E-state index in [1.54, 1.807) is 12.1 Å². The van der Waals surface area contributed by atoms with Gasteiger partial charge in [0.05, 0.1) is 0 Å². The van der Waals surface area contributed by atoms with Crippen LogP contribution in [0, 0.1) is 5.41 Å². The van der Waals surface area contributed by atoms with Crippen LogP contribution in [0.2, 0.25) is 0 Å². The number of carbonyl (C=O) groups is 1. The Bertz CT molecular complexity index is 374. The molecule has 2 rings (SSSR count). The van der Waals surface area contributed by atoms with Gasteiger partial charge in [-0.05, 0) is 23.5 Å². The van der Waals surface area contributed by atoms with Gasteiger partial charge in [-0.15, -0.1) is 0 Å². The summed E-state index contributed by atoms with van der Waals surface area (Å²) in [6.07, 6.45) is 4.74. The average molecular weight is 191 g/mol. The molecule has 0 saturated heterocycles. The van der Waals surface area contributed by atoms with Crippen LogP contribution in [-0.2, 0) is 4.79 Å². The fourth-order valence-corrected chi connectivity index (χ4v) is 1.77. The third-order valence-electron chi connectivity index (χ3n) is 2.74. The van der Waals surface area contributed by atoms with Crippen molar-refractivity contribution in [2.75, 3.05) is 0 Å². The first-order valence-electron chi connectivity index (χ1n) is 4.75. The highest BCUT2D eigenvalue weighted by Crippen LogP contribution is 2.40. The van der Waals surface area contributed by atoms with E-state index in [9.17, 15) is 4.79 Å². The van der Waals surface area contributed by atoms with E-state index >= 15 is 0 Å². The van der Waals surface area contributed by atoms with Crippen LogP contribution < -0.4 is 0 Å². The second-order valence-corrected chi connectivity index (χ2v) is 4.29. The number of carbonyl (C=O) groups excluding carboxylic acids is 1. The molecule has 0 bridgehead atoms. The van der Waals surface area contributed by atoms with Crippen molar-refractivity contribution in [3.8, 4) is 0 Å². The first-order chi connectivity index (χ1) is 6.59. The van der Waals surface area contributed by atoms with Crippen LogP contribution in [0.25, 0.3) is 5.57 Å². The second-order valence-electron chi connectivity index (χ2n) is 4.29. The smallest absolute Gasteiger partial charge is 0.156 e. The van der Waals surface area contributed by atoms with Crippen LogP contribution >= 0.6 is 0 Å². The van der Waals surface area contributed by atoms with Crippen LogP contribution in [0.1, 0.15) is 32.4 Å². The molecule has 1 aliphatic carbocycles. The van der Waals surface area contributed by atoms with Crippen molar-refractivity contribution >= 4 is 11.4 Å². The molecule has 1 heterocycles. The Morgan fingerprint density at radius 3 is 2.93 bits per heavy atom. The minimum absolute atomic E-state index is 0.0186. The SMILES string of the molecule is CC1(C)CCC(=O)C=C1c1ccon1. The molecule has 0 aromatic carbocycles. The van der Waals surface area contributed by atoms with Gasteiger partial charge in [-0.3, -0.25) is 4.79 Å². The Morgan fingerprint density at radius 2 is 2.29 bits per heavy atom. The van der Waals surface area contributed by atoms with Gasteiger partial charge in [-0.2, -0.15) is 0 Å². The second kappa shape index (κ2) is 3.08. The maximum atomic E-state index is 11.3. The van der Waals surface area contributed by atoms with Crippen molar-refractivity contribution in [3.63, 3.8) is 0 Å². The van der Waals surface area contributed by atoms with E-state index in [0.29, 0.717) is 6.42 Å². The molecule has 0 radical (unpaired) electrons. The number of allylic oxidation sites excluding steroid dienone is 2. The van der Waals surface area contributed by atoms with Gasteiger partial charge in [0.2, 0.25) is 0 Å². The lowest BCUT2D eigenvalue weighted by Crippen LogP contribution is -2.21. The predicted molar refractivity (Wildman–Crippen MR) is 52.5 cm³/mol. The Morgan fingerprint density at radius 1 is 1.50 bits per heavy atom. The molecule has 14 heavy (non-hydrogen) atoms. The minimum Gasteiger partial charge on any atom is -0.364 e. The molecule has 3 nitrogen and oxygen atoms in total. The van der Waals surface area contributed by atoms with Gasteiger partial charge in [-0.25, -0.2) is 0 Å². The zero-order valence-electron chi connectivity index (χ0n) is 8.41. The highest BCUT2D eigenvalue weighted by atomic mass is 16.5. The molecule has 74 valence electrons. The van der Waals surface area contributed by atoms with E-state index in [1.807, 2.05) is 0 Å². The van der Waals surface area contributed by atoms with Crippen LogP contribution in [0.5, 0.6) is 0 Å². The maximum absolute atomic E-state index is 11.3. The third-order valence-corrected chi connectivity index (χ3v) is 2.74. The maximum Gasteiger partial charge on any atom is 0.156 e.